The van der Waals surface area contributed by atoms with Crippen LogP contribution >= 0.6 is 0 Å². The van der Waals surface area contributed by atoms with Crippen molar-refractivity contribution in [3.8, 4) is 0 Å². The van der Waals surface area contributed by atoms with E-state index in [0.29, 0.717) is 44.9 Å². The van der Waals surface area contributed by atoms with Gasteiger partial charge in [0.05, 0.1) is 13.2 Å². The van der Waals surface area contributed by atoms with E-state index in [4.69, 9.17) is 5.73 Å². The molecule has 21 nitrogen and oxygen atoms in total. The molecule has 0 saturated heterocycles. The first kappa shape index (κ1) is 85.1. The van der Waals surface area contributed by atoms with Gasteiger partial charge in [0.15, 0.2) is 0 Å². The van der Waals surface area contributed by atoms with Gasteiger partial charge in [-0.25, -0.2) is 0 Å². The molecule has 0 aromatic rings. The van der Waals surface area contributed by atoms with Gasteiger partial charge in [0.2, 0.25) is 53.2 Å². The zero-order valence-corrected chi connectivity index (χ0v) is 58.2. The molecule has 0 fully saturated rings. The number of hydrogen-bond donors (Lipinski definition) is 12. The predicted molar refractivity (Wildman–Crippen MR) is 360 cm³/mol. The molecule has 1 unspecified atom stereocenters. The van der Waals surface area contributed by atoms with E-state index in [9.17, 15) is 53.4 Å². The van der Waals surface area contributed by atoms with Crippen molar-refractivity contribution >= 4 is 53.2 Å². The van der Waals surface area contributed by atoms with Gasteiger partial charge in [0.25, 0.3) is 0 Å². The number of aliphatic hydroxyl groups is 2. The number of likely N-dealkylation sites (N-methyl/N-ethyl adjacent to an activating group) is 1. The fourth-order valence-corrected chi connectivity index (χ4v) is 11.0. The molecule has 0 heterocycles. The summed E-state index contributed by atoms with van der Waals surface area (Å²) in [6.07, 6.45) is 32.4. The first-order valence-corrected chi connectivity index (χ1v) is 35.7. The molecular weight excluding hydrogens is 1140 g/mol. The molecular formula is C69H132N10O11. The zero-order valence-electron chi connectivity index (χ0n) is 58.2. The highest BCUT2D eigenvalue weighted by atomic mass is 16.3. The number of rotatable bonds is 57. The average molecular weight is 1280 g/mol. The minimum absolute atomic E-state index is 0.0699. The lowest BCUT2D eigenvalue weighted by Crippen LogP contribution is -2.63. The smallest absolute Gasteiger partial charge is 0.245 e. The number of amides is 9. The Morgan fingerprint density at radius 3 is 1.00 bits per heavy atom. The Hall–Kier alpha value is -4.89. The number of hydrogen-bond acceptors (Lipinski definition) is 12. The molecule has 9 amide bonds. The second-order valence-electron chi connectivity index (χ2n) is 26.0. The number of carbonyl (C=O) groups is 9. The van der Waals surface area contributed by atoms with E-state index >= 15 is 0 Å². The van der Waals surface area contributed by atoms with Crippen molar-refractivity contribution in [2.75, 3.05) is 26.8 Å². The lowest BCUT2D eigenvalue weighted by molar-refractivity contribution is -0.137. The maximum Gasteiger partial charge on any atom is 0.245 e. The molecule has 90 heavy (non-hydrogen) atoms. The first-order chi connectivity index (χ1) is 43.1. The fraction of sp³-hybridized carbons (Fsp3) is 0.870. The third kappa shape index (κ3) is 38.2. The lowest BCUT2D eigenvalue weighted by atomic mass is 9.93. The number of carbonyl (C=O) groups excluding carboxylic acids is 9. The Labute approximate surface area is 544 Å². The Morgan fingerprint density at radius 1 is 0.333 bits per heavy atom. The third-order valence-corrected chi connectivity index (χ3v) is 17.7. The fourth-order valence-electron chi connectivity index (χ4n) is 11.0. The van der Waals surface area contributed by atoms with Crippen LogP contribution < -0.4 is 53.6 Å². The van der Waals surface area contributed by atoms with Crippen LogP contribution in [0.15, 0.2) is 0 Å². The van der Waals surface area contributed by atoms with E-state index in [0.717, 1.165) is 51.4 Å². The highest BCUT2D eigenvalue weighted by Crippen LogP contribution is 2.19. The van der Waals surface area contributed by atoms with Gasteiger partial charge in [-0.1, -0.05) is 243 Å². The molecule has 0 saturated carbocycles. The Morgan fingerprint density at radius 2 is 0.622 bits per heavy atom. The summed E-state index contributed by atoms with van der Waals surface area (Å²) in [5.41, 5.74) is 5.75. The van der Waals surface area contributed by atoms with Crippen molar-refractivity contribution < 1.29 is 53.4 Å². The number of nitrogens with one attached hydrogen (secondary N) is 9. The number of aliphatic hydroxyl groups excluding tert-OH is 2. The standard InChI is InChI=1S/C69H132N10O11/c1-12-17-19-21-23-25-27-28-29-31-32-34-36-38-42-53(72-58(82)44-39-37-35-33-30-26-24-22-20-18-13-2)64(85)77-60(51(9)15-4)68(89)79-61(52(10)16-5)69(90)78-59(50(8)14-3)67(88)76-57(48-81)66(87)73-54(43-40-41-45-70)63(84)74-55(46-49(6)7)65(86)75-56(47-80)62(83)71-11/h49-57,59-61,80-81H,12-48,70H2,1-11H3,(H,71,83)(H,72,82)(H,73,87)(H,74,84)(H,75,86)(H,76,88)(H,77,85)(H,78,90)(H,79,89)/t50-,51-,52-,53?,54-,55-,56-,57-,59-,60-,61-/m0/s1. The van der Waals surface area contributed by atoms with Crippen molar-refractivity contribution in [3.63, 3.8) is 0 Å². The molecule has 0 aromatic carbocycles. The second-order valence-corrected chi connectivity index (χ2v) is 26.0. The van der Waals surface area contributed by atoms with E-state index in [1.165, 1.54) is 116 Å². The van der Waals surface area contributed by atoms with Gasteiger partial charge in [-0.05, 0) is 68.7 Å². The molecule has 13 N–H and O–H groups in total. The molecule has 21 heteroatoms. The summed E-state index contributed by atoms with van der Waals surface area (Å²) in [5, 5.41) is 44.7. The van der Waals surface area contributed by atoms with Crippen LogP contribution in [0.2, 0.25) is 0 Å². The van der Waals surface area contributed by atoms with Crippen LogP contribution in [0.5, 0.6) is 0 Å². The van der Waals surface area contributed by atoms with E-state index in [2.05, 4.69) is 61.7 Å². The summed E-state index contributed by atoms with van der Waals surface area (Å²) in [5.74, 6) is -7.26. The second kappa shape index (κ2) is 53.6. The normalized spacial score (nSPS) is 15.1. The molecule has 0 rings (SSSR count). The quantitative estimate of drug-likeness (QED) is 0.0255. The van der Waals surface area contributed by atoms with Crippen LogP contribution in [0.25, 0.3) is 0 Å². The molecule has 0 aliphatic heterocycles. The molecule has 0 aromatic heterocycles. The van der Waals surface area contributed by atoms with E-state index in [1.54, 1.807) is 13.8 Å². The summed E-state index contributed by atoms with van der Waals surface area (Å²) < 4.78 is 0. The monoisotopic (exact) mass is 1280 g/mol. The molecule has 0 bridgehead atoms. The minimum Gasteiger partial charge on any atom is -0.394 e. The Balaban J connectivity index is 6.41. The van der Waals surface area contributed by atoms with Gasteiger partial charge in [-0.2, -0.15) is 0 Å². The maximum atomic E-state index is 14.6. The van der Waals surface area contributed by atoms with Crippen molar-refractivity contribution in [3.05, 3.63) is 0 Å². The summed E-state index contributed by atoms with van der Waals surface area (Å²) in [4.78, 5) is 125. The topological polar surface area (TPSA) is 328 Å². The van der Waals surface area contributed by atoms with Crippen LogP contribution in [0, 0.1) is 23.7 Å². The van der Waals surface area contributed by atoms with Crippen LogP contribution in [0.1, 0.15) is 288 Å². The first-order valence-electron chi connectivity index (χ1n) is 35.7. The predicted octanol–water partition coefficient (Wildman–Crippen LogP) is 8.48. The van der Waals surface area contributed by atoms with E-state index in [-0.39, 0.29) is 37.1 Å². The lowest BCUT2D eigenvalue weighted by Gasteiger charge is -2.32. The van der Waals surface area contributed by atoms with Crippen molar-refractivity contribution in [2.24, 2.45) is 29.4 Å². The van der Waals surface area contributed by atoms with Crippen molar-refractivity contribution in [2.45, 2.75) is 336 Å². The molecule has 524 valence electrons. The average Bonchev–Trinajstić information content (AvgIpc) is 1.78. The van der Waals surface area contributed by atoms with Gasteiger partial charge in [-0.3, -0.25) is 43.2 Å². The summed E-state index contributed by atoms with van der Waals surface area (Å²) >= 11 is 0. The van der Waals surface area contributed by atoms with Gasteiger partial charge >= 0.3 is 0 Å². The van der Waals surface area contributed by atoms with Crippen molar-refractivity contribution in [1.29, 1.82) is 0 Å². The van der Waals surface area contributed by atoms with Gasteiger partial charge in [0, 0.05) is 13.5 Å². The highest BCUT2D eigenvalue weighted by molar-refractivity contribution is 5.98. The zero-order chi connectivity index (χ0) is 67.7. The highest BCUT2D eigenvalue weighted by Gasteiger charge is 2.38. The van der Waals surface area contributed by atoms with Crippen LogP contribution in [0.3, 0.4) is 0 Å². The number of nitrogens with two attached hydrogens (primary N) is 1. The molecule has 0 radical (unpaired) electrons. The Kier molecular flexibility index (Phi) is 50.7. The third-order valence-electron chi connectivity index (χ3n) is 17.7. The summed E-state index contributed by atoms with van der Waals surface area (Å²) in [7, 11) is 1.35. The molecule has 0 aliphatic carbocycles. The largest absolute Gasteiger partial charge is 0.394 e. The summed E-state index contributed by atoms with van der Waals surface area (Å²) in [6, 6.07) is -9.69. The van der Waals surface area contributed by atoms with E-state index in [1.807, 2.05) is 41.5 Å². The summed E-state index contributed by atoms with van der Waals surface area (Å²) in [6.45, 7) is 17.8. The molecule has 11 atom stereocenters. The molecule has 0 spiro atoms. The SMILES string of the molecule is CCCCCCCCCCCCCCCCC(NC(=O)CCCCCCCCCCCCC)C(=O)N[C@H](C(=O)N[C@H](C(=O)N[C@H](C(=O)N[C@@H](CO)C(=O)N[C@@H](CCCCN)C(=O)N[C@@H](CC(C)C)C(=O)N[C@@H](CO)C(=O)NC)[C@@H](C)CC)[C@@H](C)CC)[C@@H](C)CC. The Bertz CT molecular complexity index is 1980. The maximum absolute atomic E-state index is 14.6. The van der Waals surface area contributed by atoms with Gasteiger partial charge in [0.1, 0.15) is 48.3 Å². The van der Waals surface area contributed by atoms with Crippen molar-refractivity contribution in [1.82, 2.24) is 47.9 Å². The van der Waals surface area contributed by atoms with Crippen LogP contribution in [-0.4, -0.2) is 139 Å². The van der Waals surface area contributed by atoms with Gasteiger partial charge in [-0.15, -0.1) is 0 Å². The van der Waals surface area contributed by atoms with Gasteiger partial charge < -0.3 is 63.8 Å². The van der Waals surface area contributed by atoms with E-state index < -0.39 is 121 Å². The molecule has 0 aliphatic rings. The van der Waals surface area contributed by atoms with Crippen LogP contribution in [0.4, 0.5) is 0 Å². The number of unbranched alkanes of at least 4 members (excludes halogenated alkanes) is 24. The minimum atomic E-state index is -1.60. The van der Waals surface area contributed by atoms with Crippen LogP contribution in [-0.2, 0) is 43.2 Å².